The van der Waals surface area contributed by atoms with Gasteiger partial charge in [0.25, 0.3) is 5.56 Å². The molecular weight excluding hydrogens is 460 g/mol. The molecule has 8 heteroatoms. The lowest BCUT2D eigenvalue weighted by Gasteiger charge is -2.30. The van der Waals surface area contributed by atoms with Gasteiger partial charge in [-0.1, -0.05) is 44.2 Å². The lowest BCUT2D eigenvalue weighted by Crippen LogP contribution is -2.44. The van der Waals surface area contributed by atoms with Crippen LogP contribution in [0.4, 0.5) is 0 Å². The van der Waals surface area contributed by atoms with Gasteiger partial charge in [0.05, 0.1) is 18.1 Å². The van der Waals surface area contributed by atoms with Gasteiger partial charge in [-0.2, -0.15) is 0 Å². The van der Waals surface area contributed by atoms with Crippen molar-refractivity contribution in [1.29, 1.82) is 0 Å². The lowest BCUT2D eigenvalue weighted by atomic mass is 10.1. The first-order chi connectivity index (χ1) is 17.0. The average Bonchev–Trinajstić information content (AvgIpc) is 2.88. The zero-order chi connectivity index (χ0) is 24.8. The molecule has 2 aromatic carbocycles. The van der Waals surface area contributed by atoms with Gasteiger partial charge in [0, 0.05) is 30.1 Å². The van der Waals surface area contributed by atoms with Gasteiger partial charge >= 0.3 is 0 Å². The third kappa shape index (κ3) is 6.13. The predicted molar refractivity (Wildman–Crippen MR) is 144 cm³/mol. The van der Waals surface area contributed by atoms with Gasteiger partial charge in [0.1, 0.15) is 13.2 Å². The third-order valence-electron chi connectivity index (χ3n) is 6.45. The van der Waals surface area contributed by atoms with Crippen molar-refractivity contribution in [2.75, 3.05) is 39.4 Å². The van der Waals surface area contributed by atoms with E-state index in [1.807, 2.05) is 36.4 Å². The Morgan fingerprint density at radius 3 is 2.43 bits per heavy atom. The molecule has 0 spiro atoms. The smallest absolute Gasteiger partial charge is 0.253 e. The van der Waals surface area contributed by atoms with Gasteiger partial charge in [-0.05, 0) is 49.9 Å². The number of rotatable bonds is 9. The Balaban J connectivity index is 1.58. The highest BCUT2D eigenvalue weighted by Gasteiger charge is 2.18. The van der Waals surface area contributed by atoms with Crippen LogP contribution in [0, 0.1) is 0 Å². The number of likely N-dealkylation sites (N-methyl/N-ethyl adjacent to an activating group) is 1. The molecule has 0 saturated carbocycles. The maximum absolute atomic E-state index is 13.0. The number of nitrogens with one attached hydrogen (secondary N) is 2. The molecule has 1 aromatic heterocycles. The van der Waals surface area contributed by atoms with E-state index < -0.39 is 0 Å². The number of pyridine rings is 1. The number of H-pyrrole nitrogens is 1. The Morgan fingerprint density at radius 1 is 1.06 bits per heavy atom. The van der Waals surface area contributed by atoms with E-state index in [-0.39, 0.29) is 11.6 Å². The summed E-state index contributed by atoms with van der Waals surface area (Å²) in [4.78, 5) is 20.5. The van der Waals surface area contributed by atoms with Gasteiger partial charge in [0.15, 0.2) is 16.6 Å². The van der Waals surface area contributed by atoms with E-state index >= 15 is 0 Å². The molecule has 0 radical (unpaired) electrons. The standard InChI is InChI=1S/C27H34N4O3S/c1-4-30(5-2)11-12-31(27(35)28-19(3)20-9-7-6-8-10-20)18-22-15-21-16-24-25(34-14-13-33-24)17-23(21)29-26(22)32/h6-10,15-17,19H,4-5,11-14,18H2,1-3H3,(H,28,35)(H,29,32). The molecule has 1 atom stereocenters. The summed E-state index contributed by atoms with van der Waals surface area (Å²) in [6.45, 7) is 11.4. The number of benzene rings is 2. The summed E-state index contributed by atoms with van der Waals surface area (Å²) in [5, 5.41) is 5.00. The highest BCUT2D eigenvalue weighted by molar-refractivity contribution is 7.80. The second kappa shape index (κ2) is 11.6. The lowest BCUT2D eigenvalue weighted by molar-refractivity contribution is 0.172. The van der Waals surface area contributed by atoms with Crippen LogP contribution >= 0.6 is 12.2 Å². The number of ether oxygens (including phenoxy) is 2. The van der Waals surface area contributed by atoms with Gasteiger partial charge in [-0.25, -0.2) is 0 Å². The fourth-order valence-corrected chi connectivity index (χ4v) is 4.60. The fourth-order valence-electron chi connectivity index (χ4n) is 4.27. The van der Waals surface area contributed by atoms with Crippen LogP contribution in [-0.4, -0.2) is 59.3 Å². The second-order valence-electron chi connectivity index (χ2n) is 8.74. The number of aromatic amines is 1. The van der Waals surface area contributed by atoms with Gasteiger partial charge in [-0.3, -0.25) is 4.79 Å². The number of nitrogens with zero attached hydrogens (tertiary/aromatic N) is 2. The molecule has 0 bridgehead atoms. The molecule has 1 aliphatic heterocycles. The first kappa shape index (κ1) is 25.0. The van der Waals surface area contributed by atoms with Crippen molar-refractivity contribution in [1.82, 2.24) is 20.1 Å². The van der Waals surface area contributed by atoms with Crippen LogP contribution in [-0.2, 0) is 6.54 Å². The second-order valence-corrected chi connectivity index (χ2v) is 9.12. The van der Waals surface area contributed by atoms with Crippen molar-refractivity contribution in [2.24, 2.45) is 0 Å². The number of hydrogen-bond acceptors (Lipinski definition) is 5. The Labute approximate surface area is 212 Å². The normalized spacial score (nSPS) is 13.6. The zero-order valence-electron chi connectivity index (χ0n) is 20.7. The Kier molecular flexibility index (Phi) is 8.25. The predicted octanol–water partition coefficient (Wildman–Crippen LogP) is 4.08. The van der Waals surface area contributed by atoms with E-state index in [0.29, 0.717) is 48.5 Å². The number of aromatic nitrogens is 1. The molecule has 0 fully saturated rings. The number of thiocarbonyl (C=S) groups is 1. The molecule has 1 unspecified atom stereocenters. The highest BCUT2D eigenvalue weighted by Crippen LogP contribution is 2.33. The molecule has 0 amide bonds. The van der Waals surface area contributed by atoms with E-state index in [0.717, 1.165) is 36.1 Å². The topological polar surface area (TPSA) is 69.8 Å². The summed E-state index contributed by atoms with van der Waals surface area (Å²) in [5.74, 6) is 1.36. The monoisotopic (exact) mass is 494 g/mol. The first-order valence-corrected chi connectivity index (χ1v) is 12.7. The van der Waals surface area contributed by atoms with Crippen molar-refractivity contribution in [3.63, 3.8) is 0 Å². The van der Waals surface area contributed by atoms with Gasteiger partial charge in [-0.15, -0.1) is 0 Å². The molecule has 3 aromatic rings. The minimum Gasteiger partial charge on any atom is -0.486 e. The minimum absolute atomic E-state index is 0.0539. The highest BCUT2D eigenvalue weighted by atomic mass is 32.1. The number of hydrogen-bond donors (Lipinski definition) is 2. The third-order valence-corrected chi connectivity index (χ3v) is 6.83. The van der Waals surface area contributed by atoms with Crippen LogP contribution < -0.4 is 20.3 Å². The molecule has 2 heterocycles. The molecule has 1 aliphatic rings. The first-order valence-electron chi connectivity index (χ1n) is 12.3. The SMILES string of the molecule is CCN(CC)CCN(Cc1cc2cc3c(cc2[nH]c1=O)OCCO3)C(=S)NC(C)c1ccccc1. The van der Waals surface area contributed by atoms with Crippen LogP contribution in [0.25, 0.3) is 10.9 Å². The van der Waals surface area contributed by atoms with Gasteiger partial charge in [0.2, 0.25) is 0 Å². The van der Waals surface area contributed by atoms with E-state index in [4.69, 9.17) is 21.7 Å². The maximum atomic E-state index is 13.0. The molecule has 0 aliphatic carbocycles. The summed E-state index contributed by atoms with van der Waals surface area (Å²) in [7, 11) is 0. The maximum Gasteiger partial charge on any atom is 0.253 e. The zero-order valence-corrected chi connectivity index (χ0v) is 21.5. The Morgan fingerprint density at radius 2 is 1.74 bits per heavy atom. The molecule has 4 rings (SSSR count). The van der Waals surface area contributed by atoms with E-state index in [1.165, 1.54) is 0 Å². The molecule has 35 heavy (non-hydrogen) atoms. The van der Waals surface area contributed by atoms with Crippen molar-refractivity contribution < 1.29 is 9.47 Å². The van der Waals surface area contributed by atoms with Crippen LogP contribution in [0.1, 0.15) is 37.9 Å². The van der Waals surface area contributed by atoms with E-state index in [1.54, 1.807) is 0 Å². The quantitative estimate of drug-likeness (QED) is 0.435. The summed E-state index contributed by atoms with van der Waals surface area (Å²) in [6.07, 6.45) is 0. The Bertz CT molecular complexity index is 1210. The molecule has 186 valence electrons. The largest absolute Gasteiger partial charge is 0.486 e. The summed E-state index contributed by atoms with van der Waals surface area (Å²) >= 11 is 5.84. The van der Waals surface area contributed by atoms with Gasteiger partial charge < -0.3 is 29.6 Å². The van der Waals surface area contributed by atoms with Crippen molar-refractivity contribution in [2.45, 2.75) is 33.4 Å². The molecular formula is C27H34N4O3S. The summed E-state index contributed by atoms with van der Waals surface area (Å²) < 4.78 is 11.4. The van der Waals surface area contributed by atoms with Crippen LogP contribution in [0.15, 0.2) is 53.3 Å². The summed E-state index contributed by atoms with van der Waals surface area (Å²) in [6, 6.07) is 16.0. The molecule has 7 nitrogen and oxygen atoms in total. The van der Waals surface area contributed by atoms with Crippen LogP contribution in [0.5, 0.6) is 11.5 Å². The van der Waals surface area contributed by atoms with Crippen molar-refractivity contribution >= 4 is 28.2 Å². The fraction of sp³-hybridized carbons (Fsp3) is 0.407. The van der Waals surface area contributed by atoms with Crippen molar-refractivity contribution in [3.8, 4) is 11.5 Å². The molecule has 2 N–H and O–H groups in total. The summed E-state index contributed by atoms with van der Waals surface area (Å²) in [5.41, 5.74) is 2.43. The number of fused-ring (bicyclic) bond motifs is 2. The van der Waals surface area contributed by atoms with Crippen LogP contribution in [0.2, 0.25) is 0 Å². The van der Waals surface area contributed by atoms with Crippen molar-refractivity contribution in [3.05, 3.63) is 70.0 Å². The van der Waals surface area contributed by atoms with E-state index in [9.17, 15) is 4.79 Å². The van der Waals surface area contributed by atoms with Crippen LogP contribution in [0.3, 0.4) is 0 Å². The van der Waals surface area contributed by atoms with E-state index in [2.05, 4.69) is 53.0 Å². The average molecular weight is 495 g/mol. The minimum atomic E-state index is -0.124. The molecule has 0 saturated heterocycles. The Hall–Kier alpha value is -3.10.